The van der Waals surface area contributed by atoms with Gasteiger partial charge in [-0.3, -0.25) is 14.5 Å². The highest BCUT2D eigenvalue weighted by Gasteiger charge is 2.30. The van der Waals surface area contributed by atoms with Crippen LogP contribution < -0.4 is 0 Å². The van der Waals surface area contributed by atoms with Gasteiger partial charge >= 0.3 is 0 Å². The highest BCUT2D eigenvalue weighted by Crippen LogP contribution is 2.25. The number of fused-ring (bicyclic) bond motifs is 1. The van der Waals surface area contributed by atoms with Gasteiger partial charge in [0.1, 0.15) is 6.61 Å². The molecule has 0 saturated heterocycles. The Labute approximate surface area is 123 Å². The third-order valence-corrected chi connectivity index (χ3v) is 3.68. The predicted molar refractivity (Wildman–Crippen MR) is 76.4 cm³/mol. The van der Waals surface area contributed by atoms with Crippen LogP contribution >= 0.6 is 11.6 Å². The minimum Gasteiger partial charge on any atom is -0.372 e. The molecule has 1 aromatic rings. The standard InChI is InChI=1S/C15H18ClNO3/c1-3-20-9-14(18)17-8-12-7-13(16)5-4-11(12)6-10(2)15(17)19/h4-5,7,10H,3,6,8-9H2,1-2H3. The average Bonchev–Trinajstić information content (AvgIpc) is 2.54. The Kier molecular flexibility index (Phi) is 4.78. The Bertz CT molecular complexity index is 530. The highest BCUT2D eigenvalue weighted by molar-refractivity contribution is 6.30. The molecule has 1 aliphatic rings. The molecule has 1 aromatic carbocycles. The van der Waals surface area contributed by atoms with Gasteiger partial charge in [-0.05, 0) is 36.6 Å². The third kappa shape index (κ3) is 3.19. The van der Waals surface area contributed by atoms with Crippen LogP contribution in [0.15, 0.2) is 18.2 Å². The Morgan fingerprint density at radius 1 is 1.45 bits per heavy atom. The molecule has 1 heterocycles. The normalized spacial score (nSPS) is 18.6. The van der Waals surface area contributed by atoms with Crippen molar-refractivity contribution in [1.29, 1.82) is 0 Å². The van der Waals surface area contributed by atoms with Crippen LogP contribution in [0.3, 0.4) is 0 Å². The van der Waals surface area contributed by atoms with Gasteiger partial charge in [0, 0.05) is 17.5 Å². The number of nitrogens with zero attached hydrogens (tertiary/aromatic N) is 1. The van der Waals surface area contributed by atoms with Crippen LogP contribution in [-0.4, -0.2) is 29.9 Å². The topological polar surface area (TPSA) is 46.6 Å². The number of rotatable bonds is 3. The Balaban J connectivity index is 2.28. The monoisotopic (exact) mass is 295 g/mol. The van der Waals surface area contributed by atoms with Crippen molar-refractivity contribution < 1.29 is 14.3 Å². The lowest BCUT2D eigenvalue weighted by Gasteiger charge is -2.21. The molecule has 4 nitrogen and oxygen atoms in total. The number of imide groups is 1. The summed E-state index contributed by atoms with van der Waals surface area (Å²) < 4.78 is 5.12. The molecule has 0 aromatic heterocycles. The number of carbonyl (C=O) groups is 2. The maximum atomic E-state index is 12.3. The van der Waals surface area contributed by atoms with Gasteiger partial charge in [-0.15, -0.1) is 0 Å². The lowest BCUT2D eigenvalue weighted by molar-refractivity contribution is -0.150. The van der Waals surface area contributed by atoms with Crippen molar-refractivity contribution >= 4 is 23.4 Å². The average molecular weight is 296 g/mol. The molecule has 2 amide bonds. The summed E-state index contributed by atoms with van der Waals surface area (Å²) in [4.78, 5) is 25.7. The highest BCUT2D eigenvalue weighted by atomic mass is 35.5. The van der Waals surface area contributed by atoms with Crippen molar-refractivity contribution in [3.8, 4) is 0 Å². The number of carbonyl (C=O) groups excluding carboxylic acids is 2. The van der Waals surface area contributed by atoms with E-state index in [0.29, 0.717) is 18.1 Å². The summed E-state index contributed by atoms with van der Waals surface area (Å²) in [6.45, 7) is 4.31. The van der Waals surface area contributed by atoms with Gasteiger partial charge in [-0.2, -0.15) is 0 Å². The van der Waals surface area contributed by atoms with E-state index < -0.39 is 0 Å². The molecule has 0 fully saturated rings. The summed E-state index contributed by atoms with van der Waals surface area (Å²) in [5.74, 6) is -0.665. The lowest BCUT2D eigenvalue weighted by atomic mass is 9.98. The molecule has 0 spiro atoms. The molecular weight excluding hydrogens is 278 g/mol. The van der Waals surface area contributed by atoms with E-state index in [4.69, 9.17) is 16.3 Å². The van der Waals surface area contributed by atoms with E-state index in [1.54, 1.807) is 0 Å². The maximum Gasteiger partial charge on any atom is 0.255 e. The van der Waals surface area contributed by atoms with Gasteiger partial charge in [0.15, 0.2) is 0 Å². The van der Waals surface area contributed by atoms with E-state index >= 15 is 0 Å². The minimum atomic E-state index is -0.295. The van der Waals surface area contributed by atoms with Gasteiger partial charge in [-0.25, -0.2) is 0 Å². The van der Waals surface area contributed by atoms with Gasteiger partial charge in [0.05, 0.1) is 6.54 Å². The zero-order chi connectivity index (χ0) is 14.7. The molecular formula is C15H18ClNO3. The molecule has 108 valence electrons. The Morgan fingerprint density at radius 2 is 2.20 bits per heavy atom. The molecule has 20 heavy (non-hydrogen) atoms. The fourth-order valence-corrected chi connectivity index (χ4v) is 2.55. The van der Waals surface area contributed by atoms with Crippen LogP contribution in [0.1, 0.15) is 25.0 Å². The van der Waals surface area contributed by atoms with E-state index in [2.05, 4.69) is 0 Å². The number of ether oxygens (including phenoxy) is 1. The van der Waals surface area contributed by atoms with Crippen LogP contribution in [0.5, 0.6) is 0 Å². The van der Waals surface area contributed by atoms with E-state index in [1.165, 1.54) is 4.90 Å². The number of hydrogen-bond acceptors (Lipinski definition) is 3. The molecule has 0 aliphatic carbocycles. The predicted octanol–water partition coefficient (Wildman–Crippen LogP) is 2.42. The summed E-state index contributed by atoms with van der Waals surface area (Å²) in [5, 5.41) is 0.614. The minimum absolute atomic E-state index is 0.0646. The van der Waals surface area contributed by atoms with Crippen molar-refractivity contribution in [2.24, 2.45) is 5.92 Å². The molecule has 1 unspecified atom stereocenters. The summed E-state index contributed by atoms with van der Waals surface area (Å²) in [5.41, 5.74) is 2.00. The first-order valence-electron chi connectivity index (χ1n) is 6.72. The third-order valence-electron chi connectivity index (χ3n) is 3.44. The van der Waals surface area contributed by atoms with Crippen LogP contribution in [0, 0.1) is 5.92 Å². The molecule has 0 radical (unpaired) electrons. The van der Waals surface area contributed by atoms with Crippen molar-refractivity contribution in [3.05, 3.63) is 34.3 Å². The van der Waals surface area contributed by atoms with Crippen molar-refractivity contribution in [2.45, 2.75) is 26.8 Å². The summed E-state index contributed by atoms with van der Waals surface area (Å²) in [6, 6.07) is 5.57. The van der Waals surface area contributed by atoms with E-state index in [0.717, 1.165) is 11.1 Å². The number of benzene rings is 1. The lowest BCUT2D eigenvalue weighted by Crippen LogP contribution is -2.40. The van der Waals surface area contributed by atoms with Crippen LogP contribution in [-0.2, 0) is 27.3 Å². The second kappa shape index (κ2) is 6.37. The second-order valence-electron chi connectivity index (χ2n) is 4.97. The first-order valence-corrected chi connectivity index (χ1v) is 7.10. The first kappa shape index (κ1) is 15.0. The van der Waals surface area contributed by atoms with Crippen LogP contribution in [0.4, 0.5) is 0 Å². The first-order chi connectivity index (χ1) is 9.52. The molecule has 1 atom stereocenters. The summed E-state index contributed by atoms with van der Waals surface area (Å²) in [6.07, 6.45) is 0.629. The maximum absolute atomic E-state index is 12.3. The molecule has 1 aliphatic heterocycles. The molecule has 0 N–H and O–H groups in total. The molecule has 0 bridgehead atoms. The largest absolute Gasteiger partial charge is 0.372 e. The van der Waals surface area contributed by atoms with Crippen LogP contribution in [0.2, 0.25) is 5.02 Å². The van der Waals surface area contributed by atoms with Gasteiger partial charge in [0.2, 0.25) is 5.91 Å². The number of halogens is 1. The number of hydrogen-bond donors (Lipinski definition) is 0. The summed E-state index contributed by atoms with van der Waals surface area (Å²) >= 11 is 6.00. The molecule has 5 heteroatoms. The van der Waals surface area contributed by atoms with Gasteiger partial charge < -0.3 is 4.74 Å². The van der Waals surface area contributed by atoms with Gasteiger partial charge in [0.25, 0.3) is 5.91 Å². The SMILES string of the molecule is CCOCC(=O)N1Cc2cc(Cl)ccc2CC(C)C1=O. The molecule has 2 rings (SSSR count). The van der Waals surface area contributed by atoms with Crippen molar-refractivity contribution in [1.82, 2.24) is 4.90 Å². The fraction of sp³-hybridized carbons (Fsp3) is 0.467. The van der Waals surface area contributed by atoms with Crippen molar-refractivity contribution in [2.75, 3.05) is 13.2 Å². The van der Waals surface area contributed by atoms with Gasteiger partial charge in [-0.1, -0.05) is 24.6 Å². The van der Waals surface area contributed by atoms with E-state index in [1.807, 2.05) is 32.0 Å². The van der Waals surface area contributed by atoms with Crippen molar-refractivity contribution in [3.63, 3.8) is 0 Å². The zero-order valence-electron chi connectivity index (χ0n) is 11.7. The van der Waals surface area contributed by atoms with E-state index in [-0.39, 0.29) is 30.9 Å². The Hall–Kier alpha value is -1.39. The Morgan fingerprint density at radius 3 is 2.90 bits per heavy atom. The zero-order valence-corrected chi connectivity index (χ0v) is 12.4. The molecule has 0 saturated carbocycles. The fourth-order valence-electron chi connectivity index (χ4n) is 2.35. The van der Waals surface area contributed by atoms with E-state index in [9.17, 15) is 9.59 Å². The second-order valence-corrected chi connectivity index (χ2v) is 5.41. The van der Waals surface area contributed by atoms with Crippen LogP contribution in [0.25, 0.3) is 0 Å². The summed E-state index contributed by atoms with van der Waals surface area (Å²) in [7, 11) is 0. The smallest absolute Gasteiger partial charge is 0.255 e. The number of amides is 2. The quantitative estimate of drug-likeness (QED) is 0.860.